The molecular formula is C10H9Cl2NO. The van der Waals surface area contributed by atoms with Crippen LogP contribution in [0.3, 0.4) is 0 Å². The molecule has 1 heterocycles. The molecule has 2 rings (SSSR count). The van der Waals surface area contributed by atoms with Crippen molar-refractivity contribution in [3.05, 3.63) is 27.2 Å². The van der Waals surface area contributed by atoms with Crippen LogP contribution in [0.4, 0.5) is 0 Å². The van der Waals surface area contributed by atoms with Crippen molar-refractivity contribution in [1.29, 1.82) is 0 Å². The molecule has 0 saturated heterocycles. The minimum atomic E-state index is 0.532. The van der Waals surface area contributed by atoms with Crippen LogP contribution in [0.5, 0.6) is 5.75 Å². The maximum Gasteiger partial charge on any atom is 0.156 e. The van der Waals surface area contributed by atoms with Crippen LogP contribution in [0.1, 0.15) is 11.1 Å². The summed E-state index contributed by atoms with van der Waals surface area (Å²) in [7, 11) is 1.57. The predicted molar refractivity (Wildman–Crippen MR) is 59.2 cm³/mol. The van der Waals surface area contributed by atoms with Crippen molar-refractivity contribution < 1.29 is 4.74 Å². The summed E-state index contributed by atoms with van der Waals surface area (Å²) in [6.45, 7) is 0.775. The summed E-state index contributed by atoms with van der Waals surface area (Å²) in [4.78, 5) is 4.17. The summed E-state index contributed by atoms with van der Waals surface area (Å²) < 4.78 is 5.13. The molecule has 0 N–H and O–H groups in total. The summed E-state index contributed by atoms with van der Waals surface area (Å²) in [5, 5.41) is 1.14. The topological polar surface area (TPSA) is 21.6 Å². The minimum Gasteiger partial charge on any atom is -0.494 e. The van der Waals surface area contributed by atoms with Crippen molar-refractivity contribution in [3.8, 4) is 5.75 Å². The zero-order chi connectivity index (χ0) is 10.1. The Morgan fingerprint density at radius 3 is 2.93 bits per heavy atom. The van der Waals surface area contributed by atoms with E-state index < -0.39 is 0 Å². The number of hydrogen-bond acceptors (Lipinski definition) is 2. The standard InChI is InChI=1S/C10H9Cl2NO/c1-14-10-8(11)4-6-5-13-3-2-7(6)9(10)12/h4-5H,2-3H2,1H3. The van der Waals surface area contributed by atoms with Gasteiger partial charge in [0.2, 0.25) is 0 Å². The Labute approximate surface area is 92.5 Å². The molecule has 2 nitrogen and oxygen atoms in total. The van der Waals surface area contributed by atoms with Gasteiger partial charge in [0.15, 0.2) is 5.75 Å². The second-order valence-electron chi connectivity index (χ2n) is 3.06. The van der Waals surface area contributed by atoms with Crippen LogP contribution in [0, 0.1) is 0 Å². The normalized spacial score (nSPS) is 13.9. The highest BCUT2D eigenvalue weighted by molar-refractivity contribution is 6.38. The second kappa shape index (κ2) is 3.79. The lowest BCUT2D eigenvalue weighted by Crippen LogP contribution is -2.05. The van der Waals surface area contributed by atoms with Crippen LogP contribution in [-0.2, 0) is 6.42 Å². The van der Waals surface area contributed by atoms with Gasteiger partial charge in [-0.2, -0.15) is 0 Å². The highest BCUT2D eigenvalue weighted by atomic mass is 35.5. The number of hydrogen-bond donors (Lipinski definition) is 0. The van der Waals surface area contributed by atoms with Crippen molar-refractivity contribution in [2.75, 3.05) is 13.7 Å². The number of aliphatic imine (C=N–C) groups is 1. The van der Waals surface area contributed by atoms with Crippen molar-refractivity contribution >= 4 is 29.4 Å². The minimum absolute atomic E-state index is 0.532. The van der Waals surface area contributed by atoms with Gasteiger partial charge in [0, 0.05) is 12.8 Å². The Bertz CT molecular complexity index is 402. The molecule has 1 aromatic carbocycles. The number of fused-ring (bicyclic) bond motifs is 1. The monoisotopic (exact) mass is 229 g/mol. The van der Waals surface area contributed by atoms with E-state index in [2.05, 4.69) is 4.99 Å². The number of methoxy groups -OCH3 is 1. The van der Waals surface area contributed by atoms with E-state index in [0.717, 1.165) is 24.1 Å². The van der Waals surface area contributed by atoms with Crippen LogP contribution in [-0.4, -0.2) is 19.9 Å². The Balaban J connectivity index is 2.65. The van der Waals surface area contributed by atoms with Crippen molar-refractivity contribution in [3.63, 3.8) is 0 Å². The molecule has 0 aliphatic carbocycles. The van der Waals surface area contributed by atoms with Gasteiger partial charge in [0.1, 0.15) is 0 Å². The van der Waals surface area contributed by atoms with E-state index in [1.807, 2.05) is 6.07 Å². The van der Waals surface area contributed by atoms with E-state index >= 15 is 0 Å². The molecule has 4 heteroatoms. The molecule has 74 valence electrons. The molecule has 0 spiro atoms. The largest absolute Gasteiger partial charge is 0.494 e. The van der Waals surface area contributed by atoms with Crippen molar-refractivity contribution in [2.24, 2.45) is 4.99 Å². The van der Waals surface area contributed by atoms with Gasteiger partial charge >= 0.3 is 0 Å². The number of halogens is 2. The Hall–Kier alpha value is -0.730. The SMILES string of the molecule is COc1c(Cl)cc2c(c1Cl)CCN=C2. The van der Waals surface area contributed by atoms with Crippen LogP contribution >= 0.6 is 23.2 Å². The highest BCUT2D eigenvalue weighted by Gasteiger charge is 2.16. The van der Waals surface area contributed by atoms with Crippen molar-refractivity contribution in [1.82, 2.24) is 0 Å². The molecule has 0 saturated carbocycles. The summed E-state index contributed by atoms with van der Waals surface area (Å²) in [5.74, 6) is 0.558. The maximum absolute atomic E-state index is 6.16. The third-order valence-corrected chi connectivity index (χ3v) is 2.92. The van der Waals surface area contributed by atoms with Crippen molar-refractivity contribution in [2.45, 2.75) is 6.42 Å². The number of rotatable bonds is 1. The molecule has 1 aliphatic heterocycles. The smallest absolute Gasteiger partial charge is 0.156 e. The predicted octanol–water partition coefficient (Wildman–Crippen LogP) is 2.98. The average molecular weight is 230 g/mol. The molecule has 0 atom stereocenters. The molecule has 0 unspecified atom stereocenters. The molecule has 0 radical (unpaired) electrons. The molecule has 0 bridgehead atoms. The first-order chi connectivity index (χ1) is 6.74. The average Bonchev–Trinajstić information content (AvgIpc) is 2.18. The molecule has 14 heavy (non-hydrogen) atoms. The Kier molecular flexibility index (Phi) is 2.66. The first-order valence-electron chi connectivity index (χ1n) is 4.28. The van der Waals surface area contributed by atoms with Gasteiger partial charge in [-0.3, -0.25) is 4.99 Å². The molecule has 1 aromatic rings. The lowest BCUT2D eigenvalue weighted by molar-refractivity contribution is 0.414. The third kappa shape index (κ3) is 1.49. The summed E-state index contributed by atoms with van der Waals surface area (Å²) in [6.07, 6.45) is 2.65. The zero-order valence-electron chi connectivity index (χ0n) is 7.68. The zero-order valence-corrected chi connectivity index (χ0v) is 9.19. The van der Waals surface area contributed by atoms with Crippen LogP contribution < -0.4 is 4.74 Å². The lowest BCUT2D eigenvalue weighted by atomic mass is 10.0. The quantitative estimate of drug-likeness (QED) is 0.726. The van der Waals surface area contributed by atoms with Gasteiger partial charge in [-0.15, -0.1) is 0 Å². The van der Waals surface area contributed by atoms with E-state index in [-0.39, 0.29) is 0 Å². The lowest BCUT2D eigenvalue weighted by Gasteiger charge is -2.15. The van der Waals surface area contributed by atoms with E-state index in [1.54, 1.807) is 13.3 Å². The summed E-state index contributed by atoms with van der Waals surface area (Å²) in [5.41, 5.74) is 2.06. The maximum atomic E-state index is 6.16. The van der Waals surface area contributed by atoms with E-state index in [1.165, 1.54) is 0 Å². The molecule has 1 aliphatic rings. The van der Waals surface area contributed by atoms with E-state index in [4.69, 9.17) is 27.9 Å². The number of nitrogens with zero attached hydrogens (tertiary/aromatic N) is 1. The van der Waals surface area contributed by atoms with Crippen LogP contribution in [0.25, 0.3) is 0 Å². The first-order valence-corrected chi connectivity index (χ1v) is 5.04. The Morgan fingerprint density at radius 1 is 1.43 bits per heavy atom. The van der Waals surface area contributed by atoms with Gasteiger partial charge in [-0.05, 0) is 23.6 Å². The highest BCUT2D eigenvalue weighted by Crippen LogP contribution is 2.38. The van der Waals surface area contributed by atoms with Gasteiger partial charge in [-0.25, -0.2) is 0 Å². The fourth-order valence-electron chi connectivity index (χ4n) is 1.55. The second-order valence-corrected chi connectivity index (χ2v) is 3.84. The van der Waals surface area contributed by atoms with Crippen LogP contribution in [0.15, 0.2) is 11.1 Å². The van der Waals surface area contributed by atoms with E-state index in [9.17, 15) is 0 Å². The molecule has 0 fully saturated rings. The first kappa shape index (κ1) is 9.81. The van der Waals surface area contributed by atoms with Gasteiger partial charge < -0.3 is 4.74 Å². The van der Waals surface area contributed by atoms with Gasteiger partial charge in [0.05, 0.1) is 17.2 Å². The molecule has 0 amide bonds. The fraction of sp³-hybridized carbons (Fsp3) is 0.300. The molecular weight excluding hydrogens is 221 g/mol. The molecule has 0 aromatic heterocycles. The van der Waals surface area contributed by atoms with Gasteiger partial charge in [-0.1, -0.05) is 23.2 Å². The number of benzene rings is 1. The summed E-state index contributed by atoms with van der Waals surface area (Å²) >= 11 is 12.2. The third-order valence-electron chi connectivity index (χ3n) is 2.24. The summed E-state index contributed by atoms with van der Waals surface area (Å²) in [6, 6.07) is 1.84. The number of ether oxygens (including phenoxy) is 1. The Morgan fingerprint density at radius 2 is 2.21 bits per heavy atom. The van der Waals surface area contributed by atoms with Crippen LogP contribution in [0.2, 0.25) is 10.0 Å². The van der Waals surface area contributed by atoms with E-state index in [0.29, 0.717) is 15.8 Å². The van der Waals surface area contributed by atoms with Gasteiger partial charge in [0.25, 0.3) is 0 Å². The fourth-order valence-corrected chi connectivity index (χ4v) is 2.27.